The van der Waals surface area contributed by atoms with Crippen LogP contribution in [-0.2, 0) is 0 Å². The molecule has 0 fully saturated rings. The molecule has 0 N–H and O–H groups in total. The third-order valence-electron chi connectivity index (χ3n) is 3.15. The minimum atomic E-state index is -0.109. The van der Waals surface area contributed by atoms with E-state index in [0.717, 1.165) is 22.2 Å². The second-order valence-corrected chi connectivity index (χ2v) is 4.10. The lowest BCUT2D eigenvalue weighted by Gasteiger charge is -2.06. The van der Waals surface area contributed by atoms with Gasteiger partial charge in [0, 0.05) is 16.7 Å². The van der Waals surface area contributed by atoms with E-state index in [9.17, 15) is 4.79 Å². The zero-order chi connectivity index (χ0) is 12.6. The Bertz CT molecular complexity index is 632. The fourth-order valence-electron chi connectivity index (χ4n) is 2.02. The number of hydrogen-bond acceptors (Lipinski definition) is 1. The van der Waals surface area contributed by atoms with E-state index in [4.69, 9.17) is 0 Å². The molecule has 0 aliphatic heterocycles. The molecular weight excluding hydrogens is 210 g/mol. The van der Waals surface area contributed by atoms with Crippen molar-refractivity contribution in [2.45, 2.75) is 13.8 Å². The summed E-state index contributed by atoms with van der Waals surface area (Å²) in [5.41, 5.74) is 3.43. The Morgan fingerprint density at radius 2 is 1.94 bits per heavy atom. The molecule has 0 spiro atoms. The topological polar surface area (TPSA) is 22.0 Å². The molecule has 1 aromatic carbocycles. The van der Waals surface area contributed by atoms with E-state index in [1.807, 2.05) is 38.1 Å². The first kappa shape index (κ1) is 11.4. The Balaban J connectivity index is 2.77. The number of carbonyl (C=O) groups is 1. The first-order chi connectivity index (χ1) is 8.07. The van der Waals surface area contributed by atoms with Gasteiger partial charge in [-0.05, 0) is 25.5 Å². The Hall–Kier alpha value is -2.09. The number of aromatic nitrogens is 1. The smallest absolute Gasteiger partial charge is 0.261 e. The van der Waals surface area contributed by atoms with Crippen LogP contribution in [0.2, 0.25) is 0 Å². The van der Waals surface area contributed by atoms with Gasteiger partial charge >= 0.3 is 0 Å². The van der Waals surface area contributed by atoms with Gasteiger partial charge in [-0.1, -0.05) is 37.4 Å². The van der Waals surface area contributed by atoms with Gasteiger partial charge in [-0.15, -0.1) is 0 Å². The number of allylic oxidation sites excluding steroid dienone is 2. The van der Waals surface area contributed by atoms with Crippen molar-refractivity contribution in [3.63, 3.8) is 0 Å². The second-order valence-electron chi connectivity index (χ2n) is 4.10. The molecule has 0 bridgehead atoms. The maximum absolute atomic E-state index is 12.2. The van der Waals surface area contributed by atoms with Gasteiger partial charge in [-0.2, -0.15) is 0 Å². The first-order valence-electron chi connectivity index (χ1n) is 5.50. The van der Waals surface area contributed by atoms with Crippen LogP contribution in [0.25, 0.3) is 10.9 Å². The summed E-state index contributed by atoms with van der Waals surface area (Å²) in [6.07, 6.45) is 1.49. The molecule has 0 radical (unpaired) electrons. The van der Waals surface area contributed by atoms with Gasteiger partial charge in [0.1, 0.15) is 0 Å². The van der Waals surface area contributed by atoms with Crippen molar-refractivity contribution in [1.82, 2.24) is 4.57 Å². The van der Waals surface area contributed by atoms with Crippen molar-refractivity contribution in [1.29, 1.82) is 0 Å². The fraction of sp³-hybridized carbons (Fsp3) is 0.133. The highest BCUT2D eigenvalue weighted by atomic mass is 16.2. The molecule has 2 nitrogen and oxygen atoms in total. The summed E-state index contributed by atoms with van der Waals surface area (Å²) in [5.74, 6) is -0.109. The van der Waals surface area contributed by atoms with E-state index in [-0.39, 0.29) is 5.91 Å². The zero-order valence-electron chi connectivity index (χ0n) is 10.2. The Kier molecular flexibility index (Phi) is 2.72. The number of aryl methyl sites for hydroxylation is 1. The second kappa shape index (κ2) is 4.06. The van der Waals surface area contributed by atoms with E-state index in [2.05, 4.69) is 13.2 Å². The molecule has 0 atom stereocenters. The van der Waals surface area contributed by atoms with E-state index < -0.39 is 0 Å². The molecule has 86 valence electrons. The quantitative estimate of drug-likeness (QED) is 0.565. The Morgan fingerprint density at radius 3 is 2.59 bits per heavy atom. The average Bonchev–Trinajstić information content (AvgIpc) is 2.61. The molecule has 1 aromatic heterocycles. The predicted octanol–water partition coefficient (Wildman–Crippen LogP) is 3.64. The third-order valence-corrected chi connectivity index (χ3v) is 3.15. The summed E-state index contributed by atoms with van der Waals surface area (Å²) in [7, 11) is 0. The molecule has 0 aliphatic carbocycles. The van der Waals surface area contributed by atoms with Crippen molar-refractivity contribution in [3.05, 3.63) is 60.3 Å². The average molecular weight is 225 g/mol. The van der Waals surface area contributed by atoms with Crippen LogP contribution in [0.4, 0.5) is 0 Å². The van der Waals surface area contributed by atoms with Gasteiger partial charge < -0.3 is 0 Å². The van der Waals surface area contributed by atoms with Gasteiger partial charge in [0.05, 0.1) is 5.52 Å². The molecule has 0 amide bonds. The van der Waals surface area contributed by atoms with Gasteiger partial charge in [-0.3, -0.25) is 9.36 Å². The van der Waals surface area contributed by atoms with Gasteiger partial charge in [0.25, 0.3) is 5.91 Å². The summed E-state index contributed by atoms with van der Waals surface area (Å²) in [5, 5.41) is 1.11. The Morgan fingerprint density at radius 1 is 1.29 bits per heavy atom. The largest absolute Gasteiger partial charge is 0.280 e. The standard InChI is InChI=1S/C15H15NO/c1-5-10(2)15(17)16-12(4)11(3)13-8-6-7-9-14(13)16/h5-9H,1-2H2,3-4H3. The van der Waals surface area contributed by atoms with E-state index in [1.165, 1.54) is 6.08 Å². The molecule has 17 heavy (non-hydrogen) atoms. The van der Waals surface area contributed by atoms with E-state index in [0.29, 0.717) is 5.57 Å². The lowest BCUT2D eigenvalue weighted by Crippen LogP contribution is -2.13. The van der Waals surface area contributed by atoms with Gasteiger partial charge in [0.2, 0.25) is 0 Å². The lowest BCUT2D eigenvalue weighted by atomic mass is 10.2. The van der Waals surface area contributed by atoms with E-state index >= 15 is 0 Å². The number of carbonyl (C=O) groups excluding carboxylic acids is 1. The maximum atomic E-state index is 12.2. The molecule has 0 saturated heterocycles. The van der Waals surface area contributed by atoms with Crippen molar-refractivity contribution in [2.75, 3.05) is 0 Å². The highest BCUT2D eigenvalue weighted by Gasteiger charge is 2.16. The van der Waals surface area contributed by atoms with Gasteiger partial charge in [-0.25, -0.2) is 0 Å². The molecule has 2 heteroatoms. The molecule has 2 aromatic rings. The van der Waals surface area contributed by atoms with Gasteiger partial charge in [0.15, 0.2) is 0 Å². The van der Waals surface area contributed by atoms with Crippen LogP contribution in [0, 0.1) is 13.8 Å². The third kappa shape index (κ3) is 1.62. The normalized spacial score (nSPS) is 10.5. The Labute approximate surface area is 101 Å². The number of hydrogen-bond donors (Lipinski definition) is 0. The van der Waals surface area contributed by atoms with Crippen LogP contribution in [-0.4, -0.2) is 10.5 Å². The van der Waals surface area contributed by atoms with Crippen LogP contribution in [0.1, 0.15) is 16.1 Å². The monoisotopic (exact) mass is 225 g/mol. The predicted molar refractivity (Wildman–Crippen MR) is 71.4 cm³/mol. The fourth-order valence-corrected chi connectivity index (χ4v) is 2.02. The molecule has 0 aliphatic rings. The maximum Gasteiger partial charge on any atom is 0.261 e. The molecule has 0 unspecified atom stereocenters. The summed E-state index contributed by atoms with van der Waals surface area (Å²) in [6.45, 7) is 11.3. The number of fused-ring (bicyclic) bond motifs is 1. The number of nitrogens with zero attached hydrogens (tertiary/aromatic N) is 1. The summed E-state index contributed by atoms with van der Waals surface area (Å²) in [4.78, 5) is 12.2. The van der Waals surface area contributed by atoms with Crippen molar-refractivity contribution in [3.8, 4) is 0 Å². The number of benzene rings is 1. The van der Waals surface area contributed by atoms with Crippen LogP contribution in [0.15, 0.2) is 49.1 Å². The van der Waals surface area contributed by atoms with Crippen LogP contribution >= 0.6 is 0 Å². The zero-order valence-corrected chi connectivity index (χ0v) is 10.2. The number of rotatable bonds is 2. The number of para-hydroxylation sites is 1. The molecular formula is C15H15NO. The van der Waals surface area contributed by atoms with Crippen molar-refractivity contribution < 1.29 is 4.79 Å². The minimum Gasteiger partial charge on any atom is -0.280 e. The molecule has 2 rings (SSSR count). The van der Waals surface area contributed by atoms with Crippen LogP contribution < -0.4 is 0 Å². The van der Waals surface area contributed by atoms with E-state index in [1.54, 1.807) is 4.57 Å². The van der Waals surface area contributed by atoms with Crippen LogP contribution in [0.3, 0.4) is 0 Å². The highest BCUT2D eigenvalue weighted by Crippen LogP contribution is 2.25. The summed E-state index contributed by atoms with van der Waals surface area (Å²) >= 11 is 0. The molecule has 0 saturated carbocycles. The van der Waals surface area contributed by atoms with Crippen molar-refractivity contribution >= 4 is 16.8 Å². The first-order valence-corrected chi connectivity index (χ1v) is 5.50. The molecule has 1 heterocycles. The highest BCUT2D eigenvalue weighted by molar-refractivity contribution is 6.04. The van der Waals surface area contributed by atoms with Crippen LogP contribution in [0.5, 0.6) is 0 Å². The van der Waals surface area contributed by atoms with Crippen molar-refractivity contribution in [2.24, 2.45) is 0 Å². The minimum absolute atomic E-state index is 0.109. The summed E-state index contributed by atoms with van der Waals surface area (Å²) in [6, 6.07) is 7.88. The summed E-state index contributed by atoms with van der Waals surface area (Å²) < 4.78 is 1.70. The lowest BCUT2D eigenvalue weighted by molar-refractivity contribution is 0.0962. The SMILES string of the molecule is C=CC(=C)C(=O)n1c(C)c(C)c2ccccc21.